The number of carbonyl (C=O) groups excluding carboxylic acids is 1. The van der Waals surface area contributed by atoms with Crippen molar-refractivity contribution in [2.45, 2.75) is 33.4 Å². The summed E-state index contributed by atoms with van der Waals surface area (Å²) >= 11 is 0. The largest absolute Gasteiger partial charge is 0.452 e. The van der Waals surface area contributed by atoms with E-state index in [1.165, 1.54) is 12.0 Å². The molecule has 0 aliphatic carbocycles. The zero-order valence-corrected chi connectivity index (χ0v) is 13.3. The van der Waals surface area contributed by atoms with E-state index < -0.39 is 12.1 Å². The van der Waals surface area contributed by atoms with Crippen molar-refractivity contribution in [1.82, 2.24) is 0 Å². The summed E-state index contributed by atoms with van der Waals surface area (Å²) in [4.78, 5) is 29.0. The molecule has 1 amide bonds. The molecule has 0 heterocycles. The molecule has 0 aromatic heterocycles. The number of nitroso groups, excluding NO2 is 1. The Hall–Kier alpha value is -2.44. The minimum atomic E-state index is -0.530. The van der Waals surface area contributed by atoms with Gasteiger partial charge in [-0.25, -0.2) is 4.79 Å². The van der Waals surface area contributed by atoms with Crippen LogP contribution in [0, 0.1) is 4.91 Å². The number of methoxy groups -OCH3 is 1. The predicted molar refractivity (Wildman–Crippen MR) is 85.0 cm³/mol. The monoisotopic (exact) mass is 307 g/mol. The van der Waals surface area contributed by atoms with Crippen LogP contribution < -0.4 is 4.90 Å². The molecule has 0 saturated carbocycles. The van der Waals surface area contributed by atoms with Crippen molar-refractivity contribution in [1.29, 1.82) is 0 Å². The van der Waals surface area contributed by atoms with E-state index in [9.17, 15) is 9.70 Å². The van der Waals surface area contributed by atoms with Crippen molar-refractivity contribution >= 4 is 17.5 Å². The van der Waals surface area contributed by atoms with Crippen LogP contribution in [-0.4, -0.2) is 31.5 Å². The Kier molecular flexibility index (Phi) is 7.01. The summed E-state index contributed by atoms with van der Waals surface area (Å²) in [6.45, 7) is 5.81. The second kappa shape index (κ2) is 8.76. The molecule has 0 fully saturated rings. The van der Waals surface area contributed by atoms with E-state index in [0.717, 1.165) is 5.56 Å². The van der Waals surface area contributed by atoms with E-state index in [1.807, 2.05) is 31.2 Å². The first-order valence-corrected chi connectivity index (χ1v) is 6.97. The number of ether oxygens (including phenoxy) is 1. The summed E-state index contributed by atoms with van der Waals surface area (Å²) in [5, 5.41) is 6.75. The highest BCUT2D eigenvalue weighted by Gasteiger charge is 2.17. The van der Waals surface area contributed by atoms with Crippen molar-refractivity contribution in [3.8, 4) is 0 Å². The number of carbonyl (C=O) groups is 1. The Labute approximate surface area is 129 Å². The van der Waals surface area contributed by atoms with E-state index in [1.54, 1.807) is 13.8 Å². The summed E-state index contributed by atoms with van der Waals surface area (Å²) in [5.41, 5.74) is 1.98. The van der Waals surface area contributed by atoms with Gasteiger partial charge in [0, 0.05) is 12.1 Å². The fourth-order valence-corrected chi connectivity index (χ4v) is 1.76. The lowest BCUT2D eigenvalue weighted by Gasteiger charge is -2.21. The van der Waals surface area contributed by atoms with Crippen molar-refractivity contribution < 1.29 is 14.4 Å². The molecule has 1 rings (SSSR count). The Bertz CT molecular complexity index is 545. The average molecular weight is 307 g/mol. The van der Waals surface area contributed by atoms with Gasteiger partial charge in [0.1, 0.15) is 12.6 Å². The molecule has 22 heavy (non-hydrogen) atoms. The van der Waals surface area contributed by atoms with Gasteiger partial charge in [0.25, 0.3) is 0 Å². The Morgan fingerprint density at radius 1 is 1.36 bits per heavy atom. The summed E-state index contributed by atoms with van der Waals surface area (Å²) in [6.07, 6.45) is -0.437. The minimum Gasteiger partial charge on any atom is -0.452 e. The van der Waals surface area contributed by atoms with Crippen molar-refractivity contribution in [2.24, 2.45) is 10.3 Å². The SMILES string of the molecule is CCN(C(=O)OC)c1ccccc1CON=C(C)C(C)N=O. The number of hydrogen-bond acceptors (Lipinski definition) is 6. The van der Waals surface area contributed by atoms with Crippen LogP contribution in [0.15, 0.2) is 34.6 Å². The van der Waals surface area contributed by atoms with Gasteiger partial charge in [0.05, 0.1) is 18.5 Å². The van der Waals surface area contributed by atoms with Crippen LogP contribution in [0.4, 0.5) is 10.5 Å². The van der Waals surface area contributed by atoms with Crippen molar-refractivity contribution in [3.05, 3.63) is 34.7 Å². The first-order valence-electron chi connectivity index (χ1n) is 6.97. The van der Waals surface area contributed by atoms with Gasteiger partial charge < -0.3 is 9.57 Å². The molecule has 0 saturated heterocycles. The average Bonchev–Trinajstić information content (AvgIpc) is 2.55. The minimum absolute atomic E-state index is 0.173. The molecule has 0 N–H and O–H groups in total. The zero-order chi connectivity index (χ0) is 16.5. The van der Waals surface area contributed by atoms with Gasteiger partial charge in [-0.2, -0.15) is 4.91 Å². The van der Waals surface area contributed by atoms with Crippen LogP contribution in [0.2, 0.25) is 0 Å². The highest BCUT2D eigenvalue weighted by atomic mass is 16.6. The summed E-state index contributed by atoms with van der Waals surface area (Å²) in [6, 6.07) is 6.80. The Balaban J connectivity index is 2.88. The lowest BCUT2D eigenvalue weighted by molar-refractivity contribution is 0.129. The molecule has 0 spiro atoms. The number of para-hydroxylation sites is 1. The Morgan fingerprint density at radius 3 is 2.64 bits per heavy atom. The first-order chi connectivity index (χ1) is 10.5. The molecular formula is C15H21N3O4. The standard InChI is InChI=1S/C15H21N3O4/c1-5-18(15(19)21-4)14-9-7-6-8-13(14)10-22-17-12(3)11(2)16-20/h6-9,11H,5,10H2,1-4H3. The fourth-order valence-electron chi connectivity index (χ4n) is 1.76. The lowest BCUT2D eigenvalue weighted by Crippen LogP contribution is -2.31. The molecule has 0 aliphatic rings. The Morgan fingerprint density at radius 2 is 2.05 bits per heavy atom. The van der Waals surface area contributed by atoms with Gasteiger partial charge in [0.2, 0.25) is 0 Å². The topological polar surface area (TPSA) is 80.6 Å². The van der Waals surface area contributed by atoms with Crippen molar-refractivity contribution in [2.75, 3.05) is 18.6 Å². The normalized spacial score (nSPS) is 12.5. The summed E-state index contributed by atoms with van der Waals surface area (Å²) in [7, 11) is 1.34. The third kappa shape index (κ3) is 4.54. The van der Waals surface area contributed by atoms with Crippen LogP contribution in [0.3, 0.4) is 0 Å². The molecule has 7 nitrogen and oxygen atoms in total. The van der Waals surface area contributed by atoms with E-state index in [4.69, 9.17) is 9.57 Å². The van der Waals surface area contributed by atoms with Crippen molar-refractivity contribution in [3.63, 3.8) is 0 Å². The van der Waals surface area contributed by atoms with Crippen LogP contribution in [-0.2, 0) is 16.2 Å². The van der Waals surface area contributed by atoms with E-state index in [2.05, 4.69) is 10.3 Å². The van der Waals surface area contributed by atoms with Gasteiger partial charge in [0.15, 0.2) is 0 Å². The number of oxime groups is 1. The molecule has 1 unspecified atom stereocenters. The van der Waals surface area contributed by atoms with Crippen LogP contribution >= 0.6 is 0 Å². The smallest absolute Gasteiger partial charge is 0.413 e. The second-order valence-electron chi connectivity index (χ2n) is 4.63. The van der Waals surface area contributed by atoms with E-state index in [-0.39, 0.29) is 6.61 Å². The molecule has 0 radical (unpaired) electrons. The molecule has 0 bridgehead atoms. The van der Waals surface area contributed by atoms with E-state index >= 15 is 0 Å². The van der Waals surface area contributed by atoms with E-state index in [0.29, 0.717) is 17.9 Å². The summed E-state index contributed by atoms with van der Waals surface area (Å²) in [5.74, 6) is 0. The second-order valence-corrected chi connectivity index (χ2v) is 4.63. The van der Waals surface area contributed by atoms with Gasteiger partial charge in [-0.05, 0) is 26.8 Å². The maximum absolute atomic E-state index is 11.8. The van der Waals surface area contributed by atoms with Crippen LogP contribution in [0.1, 0.15) is 26.3 Å². The summed E-state index contributed by atoms with van der Waals surface area (Å²) < 4.78 is 4.77. The molecule has 1 atom stereocenters. The quantitative estimate of drug-likeness (QED) is 0.439. The maximum atomic E-state index is 11.8. The highest BCUT2D eigenvalue weighted by molar-refractivity contribution is 5.88. The van der Waals surface area contributed by atoms with Crippen LogP contribution in [0.25, 0.3) is 0 Å². The molecule has 1 aromatic rings. The van der Waals surface area contributed by atoms with Gasteiger partial charge in [-0.3, -0.25) is 4.90 Å². The molecular weight excluding hydrogens is 286 g/mol. The number of rotatable bonds is 7. The highest BCUT2D eigenvalue weighted by Crippen LogP contribution is 2.22. The zero-order valence-electron chi connectivity index (χ0n) is 13.3. The molecule has 120 valence electrons. The number of hydrogen-bond donors (Lipinski definition) is 0. The van der Waals surface area contributed by atoms with Gasteiger partial charge >= 0.3 is 6.09 Å². The maximum Gasteiger partial charge on any atom is 0.413 e. The predicted octanol–water partition coefficient (Wildman–Crippen LogP) is 3.33. The molecule has 7 heteroatoms. The number of anilines is 1. The first kappa shape index (κ1) is 17.6. The third-order valence-corrected chi connectivity index (χ3v) is 3.18. The lowest BCUT2D eigenvalue weighted by atomic mass is 10.1. The van der Waals surface area contributed by atoms with Crippen LogP contribution in [0.5, 0.6) is 0 Å². The number of amides is 1. The molecule has 1 aromatic carbocycles. The molecule has 0 aliphatic heterocycles. The third-order valence-electron chi connectivity index (χ3n) is 3.18. The number of nitrogens with zero attached hydrogens (tertiary/aromatic N) is 3. The number of benzene rings is 1. The van der Waals surface area contributed by atoms with Gasteiger partial charge in [-0.15, -0.1) is 0 Å². The fraction of sp³-hybridized carbons (Fsp3) is 0.467. The van der Waals surface area contributed by atoms with Gasteiger partial charge in [-0.1, -0.05) is 28.5 Å².